The third kappa shape index (κ3) is 3.59. The standard InChI is InChI=1S/C13H27N3O3/c1-6-13(7-2,11(14)15-18)12(17)16(8-3)10(4)9-19-5/h10,18H,6-9H2,1-5H3,(H2,14,15). The maximum absolute atomic E-state index is 12.8. The van der Waals surface area contributed by atoms with E-state index >= 15 is 0 Å². The zero-order chi connectivity index (χ0) is 15.1. The van der Waals surface area contributed by atoms with Crippen LogP contribution in [0.4, 0.5) is 0 Å². The van der Waals surface area contributed by atoms with Gasteiger partial charge in [0, 0.05) is 13.7 Å². The molecule has 0 aliphatic rings. The van der Waals surface area contributed by atoms with Gasteiger partial charge in [-0.3, -0.25) is 4.79 Å². The van der Waals surface area contributed by atoms with Crippen molar-refractivity contribution in [3.8, 4) is 0 Å². The average molecular weight is 273 g/mol. The molecule has 1 atom stereocenters. The highest BCUT2D eigenvalue weighted by Crippen LogP contribution is 2.30. The van der Waals surface area contributed by atoms with E-state index in [2.05, 4.69) is 5.16 Å². The summed E-state index contributed by atoms with van der Waals surface area (Å²) < 4.78 is 5.10. The SMILES string of the molecule is CCN(C(=O)C(CC)(CC)C(N)=NO)C(C)COC. The van der Waals surface area contributed by atoms with Gasteiger partial charge in [-0.1, -0.05) is 19.0 Å². The van der Waals surface area contributed by atoms with Crippen LogP contribution in [0.15, 0.2) is 5.16 Å². The number of nitrogens with zero attached hydrogens (tertiary/aromatic N) is 2. The molecule has 0 radical (unpaired) electrons. The van der Waals surface area contributed by atoms with E-state index in [0.717, 1.165) is 0 Å². The fourth-order valence-electron chi connectivity index (χ4n) is 2.38. The highest BCUT2D eigenvalue weighted by atomic mass is 16.5. The van der Waals surface area contributed by atoms with Gasteiger partial charge in [0.15, 0.2) is 5.84 Å². The van der Waals surface area contributed by atoms with E-state index in [-0.39, 0.29) is 17.8 Å². The van der Waals surface area contributed by atoms with Gasteiger partial charge in [-0.25, -0.2) is 0 Å². The van der Waals surface area contributed by atoms with Gasteiger partial charge in [-0.2, -0.15) is 0 Å². The van der Waals surface area contributed by atoms with Crippen LogP contribution in [0, 0.1) is 5.41 Å². The van der Waals surface area contributed by atoms with Crippen LogP contribution < -0.4 is 5.73 Å². The molecule has 0 bridgehead atoms. The minimum Gasteiger partial charge on any atom is -0.409 e. The van der Waals surface area contributed by atoms with Crippen molar-refractivity contribution in [3.63, 3.8) is 0 Å². The molecule has 0 saturated carbocycles. The molecule has 19 heavy (non-hydrogen) atoms. The summed E-state index contributed by atoms with van der Waals surface area (Å²) in [5, 5.41) is 12.0. The molecule has 1 amide bonds. The molecule has 6 nitrogen and oxygen atoms in total. The van der Waals surface area contributed by atoms with Gasteiger partial charge >= 0.3 is 0 Å². The van der Waals surface area contributed by atoms with Gasteiger partial charge in [0.25, 0.3) is 0 Å². The van der Waals surface area contributed by atoms with Crippen molar-refractivity contribution in [1.29, 1.82) is 0 Å². The van der Waals surface area contributed by atoms with Crippen LogP contribution in [0.25, 0.3) is 0 Å². The lowest BCUT2D eigenvalue weighted by Crippen LogP contribution is -2.54. The van der Waals surface area contributed by atoms with Crippen molar-refractivity contribution in [3.05, 3.63) is 0 Å². The van der Waals surface area contributed by atoms with E-state index in [9.17, 15) is 4.79 Å². The number of carbonyl (C=O) groups is 1. The molecule has 0 heterocycles. The molecule has 6 heteroatoms. The molecular weight excluding hydrogens is 246 g/mol. The summed E-state index contributed by atoms with van der Waals surface area (Å²) in [6.07, 6.45) is 0.989. The minimum absolute atomic E-state index is 0.0226. The van der Waals surface area contributed by atoms with E-state index in [1.165, 1.54) is 0 Å². The number of amides is 1. The van der Waals surface area contributed by atoms with Crippen molar-refractivity contribution in [2.75, 3.05) is 20.3 Å². The van der Waals surface area contributed by atoms with Gasteiger partial charge < -0.3 is 20.6 Å². The summed E-state index contributed by atoms with van der Waals surface area (Å²) >= 11 is 0. The Hall–Kier alpha value is -1.30. The van der Waals surface area contributed by atoms with Gasteiger partial charge in [0.05, 0.1) is 12.6 Å². The number of nitrogens with two attached hydrogens (primary N) is 1. The lowest BCUT2D eigenvalue weighted by Gasteiger charge is -2.37. The Morgan fingerprint density at radius 3 is 2.26 bits per heavy atom. The maximum atomic E-state index is 12.8. The summed E-state index contributed by atoms with van der Waals surface area (Å²) in [6.45, 7) is 8.59. The molecule has 0 aromatic heterocycles. The Balaban J connectivity index is 5.39. The van der Waals surface area contributed by atoms with Crippen LogP contribution in [-0.2, 0) is 9.53 Å². The predicted octanol–water partition coefficient (Wildman–Crippen LogP) is 1.42. The number of hydrogen-bond donors (Lipinski definition) is 2. The second kappa shape index (κ2) is 7.99. The third-order valence-electron chi connectivity index (χ3n) is 3.76. The lowest BCUT2D eigenvalue weighted by molar-refractivity contribution is -0.141. The first-order valence-corrected chi connectivity index (χ1v) is 6.73. The molecule has 0 fully saturated rings. The summed E-state index contributed by atoms with van der Waals surface area (Å²) in [5.41, 5.74) is 4.82. The van der Waals surface area contributed by atoms with E-state index in [1.807, 2.05) is 27.7 Å². The fraction of sp³-hybridized carbons (Fsp3) is 0.846. The van der Waals surface area contributed by atoms with Crippen LogP contribution >= 0.6 is 0 Å². The van der Waals surface area contributed by atoms with Crippen molar-refractivity contribution < 1.29 is 14.7 Å². The molecule has 0 aliphatic heterocycles. The van der Waals surface area contributed by atoms with Crippen molar-refractivity contribution in [1.82, 2.24) is 4.90 Å². The van der Waals surface area contributed by atoms with Crippen molar-refractivity contribution in [2.24, 2.45) is 16.3 Å². The predicted molar refractivity (Wildman–Crippen MR) is 75.1 cm³/mol. The number of methoxy groups -OCH3 is 1. The molecule has 0 rings (SSSR count). The molecule has 0 aromatic carbocycles. The van der Waals surface area contributed by atoms with Crippen LogP contribution in [-0.4, -0.2) is 48.2 Å². The molecule has 0 spiro atoms. The minimum atomic E-state index is -0.938. The molecule has 3 N–H and O–H groups in total. The Bertz CT molecular complexity index is 314. The zero-order valence-electron chi connectivity index (χ0n) is 12.6. The van der Waals surface area contributed by atoms with Crippen molar-refractivity contribution in [2.45, 2.75) is 46.6 Å². The number of oxime groups is 1. The van der Waals surface area contributed by atoms with Gasteiger partial charge in [0.1, 0.15) is 5.41 Å². The normalized spacial score (nSPS) is 14.3. The smallest absolute Gasteiger partial charge is 0.236 e. The van der Waals surface area contributed by atoms with Gasteiger partial charge in [-0.15, -0.1) is 0 Å². The van der Waals surface area contributed by atoms with Crippen LogP contribution in [0.2, 0.25) is 0 Å². The molecule has 0 saturated heterocycles. The first-order chi connectivity index (χ1) is 8.94. The van der Waals surface area contributed by atoms with Crippen LogP contribution in [0.1, 0.15) is 40.5 Å². The average Bonchev–Trinajstić information content (AvgIpc) is 2.41. The van der Waals surface area contributed by atoms with Gasteiger partial charge in [0.2, 0.25) is 5.91 Å². The fourth-order valence-corrected chi connectivity index (χ4v) is 2.38. The van der Waals surface area contributed by atoms with E-state index in [4.69, 9.17) is 15.7 Å². The Morgan fingerprint density at radius 2 is 1.95 bits per heavy atom. The Kier molecular flexibility index (Phi) is 7.44. The van der Waals surface area contributed by atoms with E-state index < -0.39 is 5.41 Å². The summed E-state index contributed by atoms with van der Waals surface area (Å²) in [7, 11) is 1.60. The molecule has 0 aromatic rings. The van der Waals surface area contributed by atoms with E-state index in [0.29, 0.717) is 26.0 Å². The van der Waals surface area contributed by atoms with Crippen molar-refractivity contribution >= 4 is 11.7 Å². The topological polar surface area (TPSA) is 88.2 Å². The number of hydrogen-bond acceptors (Lipinski definition) is 4. The zero-order valence-corrected chi connectivity index (χ0v) is 12.6. The highest BCUT2D eigenvalue weighted by Gasteiger charge is 2.43. The largest absolute Gasteiger partial charge is 0.409 e. The second-order valence-electron chi connectivity index (χ2n) is 4.67. The quantitative estimate of drug-likeness (QED) is 0.303. The van der Waals surface area contributed by atoms with Gasteiger partial charge in [-0.05, 0) is 26.7 Å². The number of carbonyl (C=O) groups excluding carboxylic acids is 1. The number of amidine groups is 1. The van der Waals surface area contributed by atoms with E-state index in [1.54, 1.807) is 12.0 Å². The van der Waals surface area contributed by atoms with Crippen LogP contribution in [0.5, 0.6) is 0 Å². The lowest BCUT2D eigenvalue weighted by atomic mass is 9.79. The molecular formula is C13H27N3O3. The molecule has 112 valence electrons. The first-order valence-electron chi connectivity index (χ1n) is 6.73. The number of ether oxygens (including phenoxy) is 1. The molecule has 1 unspecified atom stereocenters. The number of rotatable bonds is 8. The maximum Gasteiger partial charge on any atom is 0.236 e. The number of likely N-dealkylation sites (N-methyl/N-ethyl adjacent to an activating group) is 1. The second-order valence-corrected chi connectivity index (χ2v) is 4.67. The Labute approximate surface area is 115 Å². The van der Waals surface area contributed by atoms with Crippen LogP contribution in [0.3, 0.4) is 0 Å². The first kappa shape index (κ1) is 17.7. The summed E-state index contributed by atoms with van der Waals surface area (Å²) in [6, 6.07) is -0.0496. The third-order valence-corrected chi connectivity index (χ3v) is 3.76. The molecule has 0 aliphatic carbocycles. The monoisotopic (exact) mass is 273 g/mol. The summed E-state index contributed by atoms with van der Waals surface area (Å²) in [4.78, 5) is 14.5. The Morgan fingerprint density at radius 1 is 1.42 bits per heavy atom. The summed E-state index contributed by atoms with van der Waals surface area (Å²) in [5.74, 6) is -0.134. The highest BCUT2D eigenvalue weighted by molar-refractivity contribution is 6.06.